The first-order valence-corrected chi connectivity index (χ1v) is 8.14. The number of nitrogens with two attached hydrogens (primary N) is 1. The van der Waals surface area contributed by atoms with Crippen molar-refractivity contribution in [2.45, 2.75) is 32.1 Å². The Kier molecular flexibility index (Phi) is 4.53. The minimum atomic E-state index is -0.596. The van der Waals surface area contributed by atoms with E-state index in [1.807, 2.05) is 25.1 Å². The number of Topliss-reactive ketones (excluding diaryl/α,β-unsaturated/α-hetero) is 1. The Morgan fingerprint density at radius 1 is 1.28 bits per heavy atom. The number of carbonyl (C=O) groups excluding carboxylic acids is 2. The van der Waals surface area contributed by atoms with Crippen LogP contribution in [0.25, 0.3) is 0 Å². The summed E-state index contributed by atoms with van der Waals surface area (Å²) < 4.78 is 15.8. The van der Waals surface area contributed by atoms with Gasteiger partial charge in [0, 0.05) is 18.4 Å². The molecule has 0 saturated carbocycles. The van der Waals surface area contributed by atoms with Crippen LogP contribution in [0.4, 0.5) is 0 Å². The van der Waals surface area contributed by atoms with Gasteiger partial charge >= 0.3 is 5.97 Å². The van der Waals surface area contributed by atoms with E-state index < -0.39 is 11.9 Å². The van der Waals surface area contributed by atoms with E-state index in [4.69, 9.17) is 19.9 Å². The van der Waals surface area contributed by atoms with E-state index in [2.05, 4.69) is 0 Å². The van der Waals surface area contributed by atoms with Crippen molar-refractivity contribution in [2.24, 2.45) is 5.73 Å². The molecule has 2 aliphatic rings. The molecule has 1 aliphatic carbocycles. The van der Waals surface area contributed by atoms with Crippen molar-refractivity contribution in [2.75, 3.05) is 14.2 Å². The van der Waals surface area contributed by atoms with Gasteiger partial charge in [-0.25, -0.2) is 4.79 Å². The molecule has 1 aliphatic heterocycles. The van der Waals surface area contributed by atoms with Crippen molar-refractivity contribution in [1.82, 2.24) is 0 Å². The van der Waals surface area contributed by atoms with Crippen LogP contribution in [0.5, 0.6) is 5.75 Å². The minimum absolute atomic E-state index is 0.00114. The Balaban J connectivity index is 2.19. The minimum Gasteiger partial charge on any atom is -0.496 e. The summed E-state index contributed by atoms with van der Waals surface area (Å²) >= 11 is 0. The quantitative estimate of drug-likeness (QED) is 0.848. The van der Waals surface area contributed by atoms with Gasteiger partial charge in [0.25, 0.3) is 0 Å². The standard InChI is InChI=1S/C19H21NO5/c1-10-9-11(7-8-13(10)23-2)15-16-12(21)5-4-6-14(16)25-18(20)17(15)19(22)24-3/h7-9,15H,4-6,20H2,1-3H3/t15-/m0/s1. The maximum Gasteiger partial charge on any atom is 0.340 e. The fourth-order valence-electron chi connectivity index (χ4n) is 3.48. The van der Waals surface area contributed by atoms with Gasteiger partial charge in [-0.2, -0.15) is 0 Å². The van der Waals surface area contributed by atoms with Gasteiger partial charge in [0.2, 0.25) is 5.88 Å². The van der Waals surface area contributed by atoms with Gasteiger partial charge in [0.15, 0.2) is 5.78 Å². The molecule has 25 heavy (non-hydrogen) atoms. The van der Waals surface area contributed by atoms with Crippen LogP contribution < -0.4 is 10.5 Å². The van der Waals surface area contributed by atoms with Crippen molar-refractivity contribution >= 4 is 11.8 Å². The summed E-state index contributed by atoms with van der Waals surface area (Å²) in [4.78, 5) is 25.0. The first kappa shape index (κ1) is 17.1. The van der Waals surface area contributed by atoms with Crippen LogP contribution in [-0.2, 0) is 19.1 Å². The van der Waals surface area contributed by atoms with E-state index in [9.17, 15) is 9.59 Å². The number of hydrogen-bond acceptors (Lipinski definition) is 6. The SMILES string of the molecule is COC(=O)C1=C(N)OC2=C(C(=O)CCC2)[C@@H]1c1ccc(OC)c(C)c1. The number of carbonyl (C=O) groups is 2. The molecule has 0 aromatic heterocycles. The third kappa shape index (κ3) is 2.88. The zero-order valence-electron chi connectivity index (χ0n) is 14.5. The molecular formula is C19H21NO5. The second-order valence-corrected chi connectivity index (χ2v) is 6.15. The van der Waals surface area contributed by atoms with Gasteiger partial charge in [-0.15, -0.1) is 0 Å². The number of ether oxygens (including phenoxy) is 3. The third-order valence-corrected chi connectivity index (χ3v) is 4.64. The average molecular weight is 343 g/mol. The largest absolute Gasteiger partial charge is 0.496 e. The fraction of sp³-hybridized carbons (Fsp3) is 0.368. The molecule has 0 fully saturated rings. The lowest BCUT2D eigenvalue weighted by Gasteiger charge is -2.32. The van der Waals surface area contributed by atoms with Crippen molar-refractivity contribution in [3.05, 3.63) is 52.1 Å². The normalized spacial score (nSPS) is 20.1. The summed E-state index contributed by atoms with van der Waals surface area (Å²) in [7, 11) is 2.88. The molecule has 0 amide bonds. The van der Waals surface area contributed by atoms with Crippen molar-refractivity contribution < 1.29 is 23.8 Å². The topological polar surface area (TPSA) is 87.9 Å². The summed E-state index contributed by atoms with van der Waals surface area (Å²) in [6, 6.07) is 5.56. The number of benzene rings is 1. The highest BCUT2D eigenvalue weighted by Crippen LogP contribution is 2.44. The van der Waals surface area contributed by atoms with Gasteiger partial charge in [-0.05, 0) is 30.5 Å². The molecule has 2 N–H and O–H groups in total. The highest BCUT2D eigenvalue weighted by Gasteiger charge is 2.41. The molecule has 1 heterocycles. The molecule has 0 unspecified atom stereocenters. The van der Waals surface area contributed by atoms with Gasteiger partial charge in [0.1, 0.15) is 17.1 Å². The summed E-state index contributed by atoms with van der Waals surface area (Å²) in [6.45, 7) is 1.91. The van der Waals surface area contributed by atoms with Gasteiger partial charge in [0.05, 0.1) is 20.1 Å². The smallest absolute Gasteiger partial charge is 0.340 e. The van der Waals surface area contributed by atoms with Gasteiger partial charge < -0.3 is 19.9 Å². The molecule has 3 rings (SSSR count). The lowest BCUT2D eigenvalue weighted by Crippen LogP contribution is -2.31. The van der Waals surface area contributed by atoms with E-state index >= 15 is 0 Å². The van der Waals surface area contributed by atoms with Crippen molar-refractivity contribution in [1.29, 1.82) is 0 Å². The van der Waals surface area contributed by atoms with E-state index in [-0.39, 0.29) is 17.2 Å². The van der Waals surface area contributed by atoms with E-state index in [1.165, 1.54) is 7.11 Å². The highest BCUT2D eigenvalue weighted by molar-refractivity contribution is 6.03. The first-order chi connectivity index (χ1) is 12.0. The number of aryl methyl sites for hydroxylation is 1. The van der Waals surface area contributed by atoms with E-state index in [1.54, 1.807) is 7.11 Å². The van der Waals surface area contributed by atoms with Crippen LogP contribution in [0.1, 0.15) is 36.3 Å². The van der Waals surface area contributed by atoms with Gasteiger partial charge in [-0.3, -0.25) is 4.79 Å². The molecule has 132 valence electrons. The molecule has 0 spiro atoms. The van der Waals surface area contributed by atoms with E-state index in [0.29, 0.717) is 30.6 Å². The Morgan fingerprint density at radius 3 is 2.68 bits per heavy atom. The monoisotopic (exact) mass is 343 g/mol. The Bertz CT molecular complexity index is 806. The molecule has 1 atom stereocenters. The summed E-state index contributed by atoms with van der Waals surface area (Å²) in [5.74, 6) is 0.0818. The molecular weight excluding hydrogens is 322 g/mol. The summed E-state index contributed by atoms with van der Waals surface area (Å²) in [5, 5.41) is 0. The third-order valence-electron chi connectivity index (χ3n) is 4.64. The lowest BCUT2D eigenvalue weighted by molar-refractivity contribution is -0.136. The second kappa shape index (κ2) is 6.63. The molecule has 0 bridgehead atoms. The highest BCUT2D eigenvalue weighted by atomic mass is 16.5. The first-order valence-electron chi connectivity index (χ1n) is 8.14. The van der Waals surface area contributed by atoms with Crippen LogP contribution in [0.2, 0.25) is 0 Å². The second-order valence-electron chi connectivity index (χ2n) is 6.15. The van der Waals surface area contributed by atoms with Gasteiger partial charge in [-0.1, -0.05) is 12.1 Å². The summed E-state index contributed by atoms with van der Waals surface area (Å²) in [5.41, 5.74) is 8.38. The Labute approximate surface area is 146 Å². The molecule has 6 nitrogen and oxygen atoms in total. The molecule has 6 heteroatoms. The van der Waals surface area contributed by atoms with E-state index in [0.717, 1.165) is 16.9 Å². The lowest BCUT2D eigenvalue weighted by atomic mass is 9.77. The maximum absolute atomic E-state index is 12.6. The maximum atomic E-state index is 12.6. The molecule has 0 saturated heterocycles. The molecule has 1 aromatic rings. The van der Waals surface area contributed by atoms with Crippen LogP contribution in [0.15, 0.2) is 41.0 Å². The molecule has 1 aromatic carbocycles. The zero-order valence-corrected chi connectivity index (χ0v) is 14.5. The number of methoxy groups -OCH3 is 2. The number of allylic oxidation sites excluding steroid dienone is 2. The predicted octanol–water partition coefficient (Wildman–Crippen LogP) is 2.47. The number of hydrogen-bond donors (Lipinski definition) is 1. The van der Waals surface area contributed by atoms with Crippen LogP contribution in [0, 0.1) is 6.92 Å². The Morgan fingerprint density at radius 2 is 2.04 bits per heavy atom. The summed E-state index contributed by atoms with van der Waals surface area (Å²) in [6.07, 6.45) is 1.77. The molecule has 0 radical (unpaired) electrons. The average Bonchev–Trinajstić information content (AvgIpc) is 2.60. The van der Waals surface area contributed by atoms with Crippen LogP contribution in [0.3, 0.4) is 0 Å². The van der Waals surface area contributed by atoms with Crippen molar-refractivity contribution in [3.8, 4) is 5.75 Å². The number of rotatable bonds is 3. The predicted molar refractivity (Wildman–Crippen MR) is 90.7 cm³/mol. The number of esters is 1. The zero-order chi connectivity index (χ0) is 18.1. The van der Waals surface area contributed by atoms with Crippen LogP contribution in [-0.4, -0.2) is 26.0 Å². The Hall–Kier alpha value is -2.76. The fourth-order valence-corrected chi connectivity index (χ4v) is 3.48. The van der Waals surface area contributed by atoms with Crippen LogP contribution >= 0.6 is 0 Å². The number of ketones is 1. The van der Waals surface area contributed by atoms with Crippen molar-refractivity contribution in [3.63, 3.8) is 0 Å².